The minimum atomic E-state index is -0.175. The molecule has 0 aromatic rings. The fourth-order valence-electron chi connectivity index (χ4n) is 2.18. The first kappa shape index (κ1) is 17.8. The summed E-state index contributed by atoms with van der Waals surface area (Å²) in [4.78, 5) is 0. The summed E-state index contributed by atoms with van der Waals surface area (Å²) in [6.45, 7) is 3.83. The number of allylic oxidation sites excluding steroid dienone is 4. The zero-order valence-corrected chi connectivity index (χ0v) is 13.5. The molecule has 20 heavy (non-hydrogen) atoms. The molecular formula is C16H28BClO2. The second-order valence-electron chi connectivity index (χ2n) is 5.21. The molecule has 2 nitrogen and oxygen atoms in total. The predicted octanol–water partition coefficient (Wildman–Crippen LogP) is 4.92. The lowest BCUT2D eigenvalue weighted by Crippen LogP contribution is -2.31. The Hall–Kier alpha value is -0.245. The van der Waals surface area contributed by atoms with E-state index in [4.69, 9.17) is 20.9 Å². The van der Waals surface area contributed by atoms with Gasteiger partial charge < -0.3 is 9.31 Å². The monoisotopic (exact) mass is 298 g/mol. The molecule has 1 aliphatic rings. The van der Waals surface area contributed by atoms with E-state index >= 15 is 0 Å². The van der Waals surface area contributed by atoms with Gasteiger partial charge in [0.15, 0.2) is 0 Å². The largest absolute Gasteiger partial charge is 0.493 e. The van der Waals surface area contributed by atoms with Gasteiger partial charge in [-0.15, -0.1) is 11.6 Å². The molecule has 1 heterocycles. The van der Waals surface area contributed by atoms with Crippen molar-refractivity contribution in [2.24, 2.45) is 0 Å². The van der Waals surface area contributed by atoms with Gasteiger partial charge in [0, 0.05) is 19.1 Å². The van der Waals surface area contributed by atoms with Crippen LogP contribution in [0.3, 0.4) is 0 Å². The van der Waals surface area contributed by atoms with Crippen molar-refractivity contribution in [3.05, 3.63) is 23.7 Å². The van der Waals surface area contributed by atoms with Gasteiger partial charge >= 0.3 is 7.12 Å². The molecule has 0 N–H and O–H groups in total. The van der Waals surface area contributed by atoms with Crippen LogP contribution in [0.5, 0.6) is 0 Å². The van der Waals surface area contributed by atoms with Crippen molar-refractivity contribution in [3.8, 4) is 0 Å². The van der Waals surface area contributed by atoms with E-state index in [1.54, 1.807) is 0 Å². The molecule has 0 unspecified atom stereocenters. The Kier molecular flexibility index (Phi) is 11.1. The zero-order valence-electron chi connectivity index (χ0n) is 12.8. The maximum absolute atomic E-state index is 5.74. The Labute approximate surface area is 129 Å². The topological polar surface area (TPSA) is 18.5 Å². The molecule has 4 heteroatoms. The first-order chi connectivity index (χ1) is 9.88. The lowest BCUT2D eigenvalue weighted by Gasteiger charge is -2.20. The summed E-state index contributed by atoms with van der Waals surface area (Å²) in [6.07, 6.45) is 16.0. The fraction of sp³-hybridized carbons (Fsp3) is 0.750. The summed E-state index contributed by atoms with van der Waals surface area (Å²) in [5.41, 5.74) is 1.16. The van der Waals surface area contributed by atoms with Crippen molar-refractivity contribution in [1.29, 1.82) is 0 Å². The van der Waals surface area contributed by atoms with Crippen LogP contribution >= 0.6 is 11.6 Å². The Morgan fingerprint density at radius 3 is 2.60 bits per heavy atom. The Balaban J connectivity index is 2.40. The molecule has 0 aromatic carbocycles. The van der Waals surface area contributed by atoms with Crippen LogP contribution in [0.25, 0.3) is 0 Å². The summed E-state index contributed by atoms with van der Waals surface area (Å²) >= 11 is 5.74. The molecule has 1 saturated heterocycles. The molecule has 0 saturated carbocycles. The highest BCUT2D eigenvalue weighted by Crippen LogP contribution is 2.14. The highest BCUT2D eigenvalue weighted by Gasteiger charge is 2.24. The van der Waals surface area contributed by atoms with Gasteiger partial charge in [-0.05, 0) is 37.6 Å². The number of hydrogen-bond donors (Lipinski definition) is 0. The predicted molar refractivity (Wildman–Crippen MR) is 88.2 cm³/mol. The molecule has 0 atom stereocenters. The number of hydrogen-bond acceptors (Lipinski definition) is 2. The summed E-state index contributed by atoms with van der Waals surface area (Å²) in [7, 11) is -0.175. The summed E-state index contributed by atoms with van der Waals surface area (Å²) in [5.74, 6) is 0.705. The molecule has 1 aliphatic heterocycles. The summed E-state index contributed by atoms with van der Waals surface area (Å²) < 4.78 is 11.4. The molecule has 0 aromatic heterocycles. The van der Waals surface area contributed by atoms with Gasteiger partial charge in [-0.1, -0.05) is 44.4 Å². The van der Waals surface area contributed by atoms with E-state index in [0.717, 1.165) is 44.4 Å². The third-order valence-electron chi connectivity index (χ3n) is 3.35. The van der Waals surface area contributed by atoms with E-state index in [9.17, 15) is 0 Å². The molecule has 1 fully saturated rings. The van der Waals surface area contributed by atoms with Crippen molar-refractivity contribution in [1.82, 2.24) is 0 Å². The fourth-order valence-corrected chi connectivity index (χ4v) is 2.33. The van der Waals surface area contributed by atoms with Crippen molar-refractivity contribution in [2.45, 2.75) is 58.3 Å². The van der Waals surface area contributed by atoms with Crippen LogP contribution in [0.15, 0.2) is 23.7 Å². The van der Waals surface area contributed by atoms with E-state index in [1.165, 1.54) is 25.7 Å². The summed E-state index contributed by atoms with van der Waals surface area (Å²) in [6, 6.07) is 0. The first-order valence-electron chi connectivity index (χ1n) is 8.04. The molecule has 0 spiro atoms. The summed E-state index contributed by atoms with van der Waals surface area (Å²) in [5, 5.41) is 0. The van der Waals surface area contributed by atoms with Crippen LogP contribution in [0.4, 0.5) is 0 Å². The van der Waals surface area contributed by atoms with Crippen LogP contribution < -0.4 is 0 Å². The van der Waals surface area contributed by atoms with Gasteiger partial charge in [0.05, 0.1) is 0 Å². The Morgan fingerprint density at radius 2 is 1.90 bits per heavy atom. The Bertz CT molecular complexity index is 286. The van der Waals surface area contributed by atoms with E-state index in [0.29, 0.717) is 5.88 Å². The smallest absolute Gasteiger partial charge is 0.407 e. The van der Waals surface area contributed by atoms with E-state index in [2.05, 4.69) is 25.2 Å². The highest BCUT2D eigenvalue weighted by atomic mass is 35.5. The van der Waals surface area contributed by atoms with Crippen molar-refractivity contribution < 1.29 is 9.31 Å². The van der Waals surface area contributed by atoms with Gasteiger partial charge in [0.25, 0.3) is 0 Å². The second-order valence-corrected chi connectivity index (χ2v) is 5.59. The van der Waals surface area contributed by atoms with Gasteiger partial charge in [-0.25, -0.2) is 0 Å². The van der Waals surface area contributed by atoms with E-state index in [-0.39, 0.29) is 7.12 Å². The van der Waals surface area contributed by atoms with Crippen LogP contribution in [0, 0.1) is 0 Å². The van der Waals surface area contributed by atoms with Crippen molar-refractivity contribution >= 4 is 18.7 Å². The number of alkyl halides is 1. The van der Waals surface area contributed by atoms with E-state index in [1.807, 2.05) is 0 Å². The molecule has 114 valence electrons. The highest BCUT2D eigenvalue weighted by molar-refractivity contribution is 6.54. The molecule has 0 aliphatic carbocycles. The molecule has 0 amide bonds. The van der Waals surface area contributed by atoms with Crippen molar-refractivity contribution in [2.75, 3.05) is 19.1 Å². The van der Waals surface area contributed by atoms with Crippen LogP contribution in [-0.4, -0.2) is 26.2 Å². The van der Waals surface area contributed by atoms with Crippen LogP contribution in [0.2, 0.25) is 0 Å². The molecule has 0 bridgehead atoms. The minimum absolute atomic E-state index is 0.175. The van der Waals surface area contributed by atoms with Gasteiger partial charge in [-0.2, -0.15) is 0 Å². The Morgan fingerprint density at radius 1 is 1.10 bits per heavy atom. The van der Waals surface area contributed by atoms with Gasteiger partial charge in [-0.3, -0.25) is 0 Å². The molecule has 0 radical (unpaired) electrons. The first-order valence-corrected chi connectivity index (χ1v) is 8.57. The number of halogens is 1. The SMILES string of the molecule is CCCCCC/C=C/C(=C/CCCCl)B1OCCCO1. The number of unbranched alkanes of at least 4 members (excludes halogenated alkanes) is 5. The number of rotatable bonds is 10. The zero-order chi connectivity index (χ0) is 14.5. The minimum Gasteiger partial charge on any atom is -0.407 e. The maximum Gasteiger partial charge on any atom is 0.493 e. The standard InChI is InChI=1S/C16H28BClO2/c1-2-3-4-5-6-7-11-16(12-8-9-13-18)17-19-14-10-15-20-17/h7,11-12H,2-6,8-10,13-15H2,1H3/b11-7+,16-12-. The lowest BCUT2D eigenvalue weighted by molar-refractivity contribution is 0.140. The average Bonchev–Trinajstić information content (AvgIpc) is 2.50. The third kappa shape index (κ3) is 8.13. The van der Waals surface area contributed by atoms with Crippen LogP contribution in [-0.2, 0) is 9.31 Å². The maximum atomic E-state index is 5.74. The quantitative estimate of drug-likeness (QED) is 0.247. The lowest BCUT2D eigenvalue weighted by atomic mass is 9.76. The van der Waals surface area contributed by atoms with Crippen LogP contribution in [0.1, 0.15) is 58.3 Å². The normalized spacial score (nSPS) is 17.1. The molecular weight excluding hydrogens is 270 g/mol. The average molecular weight is 299 g/mol. The molecule has 1 rings (SSSR count). The van der Waals surface area contributed by atoms with Gasteiger partial charge in [0.2, 0.25) is 0 Å². The third-order valence-corrected chi connectivity index (χ3v) is 3.62. The van der Waals surface area contributed by atoms with Gasteiger partial charge in [0.1, 0.15) is 0 Å². The second kappa shape index (κ2) is 12.5. The van der Waals surface area contributed by atoms with E-state index < -0.39 is 0 Å². The van der Waals surface area contributed by atoms with Crippen molar-refractivity contribution in [3.63, 3.8) is 0 Å².